The Labute approximate surface area is 119 Å². The Hall–Kier alpha value is -1.22. The monoisotopic (exact) mass is 330 g/mol. The fourth-order valence-corrected chi connectivity index (χ4v) is 2.01. The lowest BCUT2D eigenvalue weighted by Crippen LogP contribution is -2.40. The smallest absolute Gasteiger partial charge is 0.255 e. The quantitative estimate of drug-likeness (QED) is 0.541. The molecule has 1 saturated heterocycles. The Bertz CT molecular complexity index is 452. The molecule has 8 heteroatoms. The highest BCUT2D eigenvalue weighted by Crippen LogP contribution is 2.17. The van der Waals surface area contributed by atoms with Gasteiger partial charge in [0.15, 0.2) is 5.82 Å². The second kappa shape index (κ2) is 6.80. The number of aromatic nitrogens is 1. The normalized spacial score (nSPS) is 18.9. The largest absolute Gasteiger partial charge is 0.376 e. The van der Waals surface area contributed by atoms with Gasteiger partial charge >= 0.3 is 0 Å². The summed E-state index contributed by atoms with van der Waals surface area (Å²) in [6.45, 7) is 2.02. The maximum absolute atomic E-state index is 12.1. The van der Waals surface area contributed by atoms with Gasteiger partial charge in [0, 0.05) is 17.2 Å². The van der Waals surface area contributed by atoms with E-state index in [1.54, 1.807) is 12.3 Å². The average Bonchev–Trinajstić information content (AvgIpc) is 2.46. The van der Waals surface area contributed by atoms with Gasteiger partial charge in [-0.2, -0.15) is 0 Å². The Balaban J connectivity index is 1.97. The summed E-state index contributed by atoms with van der Waals surface area (Å²) in [7, 11) is 0. The van der Waals surface area contributed by atoms with Gasteiger partial charge in [0.2, 0.25) is 0 Å². The predicted molar refractivity (Wildman–Crippen MR) is 72.6 cm³/mol. The Morgan fingerprint density at radius 1 is 1.58 bits per heavy atom. The first-order valence-corrected chi connectivity index (χ1v) is 6.59. The lowest BCUT2D eigenvalue weighted by Gasteiger charge is -2.23. The van der Waals surface area contributed by atoms with Crippen LogP contribution in [0.1, 0.15) is 10.4 Å². The number of rotatable bonds is 4. The second-order valence-corrected chi connectivity index (χ2v) is 4.89. The molecule has 0 radical (unpaired) electrons. The van der Waals surface area contributed by atoms with Crippen molar-refractivity contribution >= 4 is 27.7 Å². The van der Waals surface area contributed by atoms with Gasteiger partial charge in [-0.15, -0.1) is 0 Å². The maximum Gasteiger partial charge on any atom is 0.255 e. The van der Waals surface area contributed by atoms with Crippen molar-refractivity contribution in [2.45, 2.75) is 6.10 Å². The molecule has 19 heavy (non-hydrogen) atoms. The molecule has 7 nitrogen and oxygen atoms in total. The number of hydrogen-bond acceptors (Lipinski definition) is 6. The van der Waals surface area contributed by atoms with Crippen LogP contribution >= 0.6 is 15.9 Å². The van der Waals surface area contributed by atoms with E-state index in [9.17, 15) is 4.79 Å². The highest BCUT2D eigenvalue weighted by atomic mass is 79.9. The molecule has 2 rings (SSSR count). The topological polar surface area (TPSA) is 98.5 Å². The zero-order valence-corrected chi connectivity index (χ0v) is 11.8. The van der Waals surface area contributed by atoms with Crippen LogP contribution in [0.4, 0.5) is 5.82 Å². The van der Waals surface area contributed by atoms with Crippen LogP contribution in [0.15, 0.2) is 16.7 Å². The van der Waals surface area contributed by atoms with Crippen molar-refractivity contribution in [1.82, 2.24) is 10.3 Å². The summed E-state index contributed by atoms with van der Waals surface area (Å²) >= 11 is 3.27. The van der Waals surface area contributed by atoms with Gasteiger partial charge in [0.05, 0.1) is 31.5 Å². The summed E-state index contributed by atoms with van der Waals surface area (Å²) in [6, 6.07) is 1.65. The molecule has 4 N–H and O–H groups in total. The van der Waals surface area contributed by atoms with Crippen molar-refractivity contribution < 1.29 is 14.3 Å². The van der Waals surface area contributed by atoms with E-state index in [4.69, 9.17) is 15.3 Å². The van der Waals surface area contributed by atoms with Crippen LogP contribution in [0.3, 0.4) is 0 Å². The number of hydrogen-bond donors (Lipinski definition) is 3. The lowest BCUT2D eigenvalue weighted by molar-refractivity contribution is -0.0855. The number of amides is 1. The second-order valence-electron chi connectivity index (χ2n) is 3.97. The number of carbonyl (C=O) groups excluding carboxylic acids is 1. The minimum Gasteiger partial charge on any atom is -0.376 e. The van der Waals surface area contributed by atoms with Crippen molar-refractivity contribution in [3.05, 3.63) is 22.3 Å². The van der Waals surface area contributed by atoms with Crippen molar-refractivity contribution in [2.75, 3.05) is 31.8 Å². The van der Waals surface area contributed by atoms with Crippen molar-refractivity contribution in [3.63, 3.8) is 0 Å². The third-order valence-electron chi connectivity index (χ3n) is 2.61. The minimum atomic E-state index is -0.268. The summed E-state index contributed by atoms with van der Waals surface area (Å²) in [4.78, 5) is 16.1. The van der Waals surface area contributed by atoms with E-state index in [0.717, 1.165) is 0 Å². The van der Waals surface area contributed by atoms with E-state index in [1.807, 2.05) is 0 Å². The first kappa shape index (κ1) is 14.2. The van der Waals surface area contributed by atoms with Crippen LogP contribution < -0.4 is 16.6 Å². The van der Waals surface area contributed by atoms with Crippen LogP contribution in [0.2, 0.25) is 0 Å². The van der Waals surface area contributed by atoms with Crippen LogP contribution in [0.25, 0.3) is 0 Å². The van der Waals surface area contributed by atoms with Crippen LogP contribution in [0.5, 0.6) is 0 Å². The zero-order valence-electron chi connectivity index (χ0n) is 10.2. The average molecular weight is 331 g/mol. The fourth-order valence-electron chi connectivity index (χ4n) is 1.68. The molecule has 1 atom stereocenters. The maximum atomic E-state index is 12.1. The van der Waals surface area contributed by atoms with Gasteiger partial charge in [-0.1, -0.05) is 0 Å². The van der Waals surface area contributed by atoms with Gasteiger partial charge in [-0.3, -0.25) is 4.79 Å². The molecular formula is C11H15BrN4O3. The van der Waals surface area contributed by atoms with Gasteiger partial charge < -0.3 is 20.2 Å². The number of nitrogen functional groups attached to an aromatic ring is 1. The van der Waals surface area contributed by atoms with Gasteiger partial charge in [-0.25, -0.2) is 10.8 Å². The molecule has 1 amide bonds. The van der Waals surface area contributed by atoms with Crippen LogP contribution in [-0.2, 0) is 9.47 Å². The van der Waals surface area contributed by atoms with Crippen LogP contribution in [-0.4, -0.2) is 43.4 Å². The molecule has 1 fully saturated rings. The summed E-state index contributed by atoms with van der Waals surface area (Å²) in [6.07, 6.45) is 1.44. The number of halogens is 1. The molecule has 1 aliphatic heterocycles. The number of ether oxygens (including phenoxy) is 2. The molecule has 0 spiro atoms. The third kappa shape index (κ3) is 3.87. The molecule has 1 unspecified atom stereocenters. The van der Waals surface area contributed by atoms with Crippen LogP contribution in [0, 0.1) is 0 Å². The van der Waals surface area contributed by atoms with Crippen molar-refractivity contribution in [3.8, 4) is 0 Å². The minimum absolute atomic E-state index is 0.118. The molecule has 0 aromatic carbocycles. The fraction of sp³-hybridized carbons (Fsp3) is 0.455. The standard InChI is InChI=1S/C11H15BrN4O3/c12-7-3-9(10(16-13)14-4-7)11(17)15-5-8-6-18-1-2-19-8/h3-4,8H,1-2,5-6,13H2,(H,14,16)(H,15,17). The Kier molecular flexibility index (Phi) is 5.08. The Morgan fingerprint density at radius 2 is 2.42 bits per heavy atom. The van der Waals surface area contributed by atoms with E-state index in [0.29, 0.717) is 42.2 Å². The molecule has 1 aromatic rings. The lowest BCUT2D eigenvalue weighted by atomic mass is 10.2. The number of anilines is 1. The molecule has 0 aliphatic carbocycles. The zero-order chi connectivity index (χ0) is 13.7. The summed E-state index contributed by atoms with van der Waals surface area (Å²) in [5, 5.41) is 2.77. The Morgan fingerprint density at radius 3 is 3.11 bits per heavy atom. The first-order valence-electron chi connectivity index (χ1n) is 5.80. The van der Waals surface area contributed by atoms with Gasteiger partial charge in [0.1, 0.15) is 0 Å². The predicted octanol–water partition coefficient (Wildman–Crippen LogP) is 0.275. The highest BCUT2D eigenvalue weighted by molar-refractivity contribution is 9.10. The van der Waals surface area contributed by atoms with Gasteiger partial charge in [-0.05, 0) is 22.0 Å². The third-order valence-corrected chi connectivity index (χ3v) is 3.04. The number of hydrazine groups is 1. The first-order chi connectivity index (χ1) is 9.20. The van der Waals surface area contributed by atoms with Crippen molar-refractivity contribution in [2.24, 2.45) is 5.84 Å². The SMILES string of the molecule is NNc1ncc(Br)cc1C(=O)NCC1COCCO1. The molecule has 0 saturated carbocycles. The van der Waals surface area contributed by atoms with E-state index in [1.165, 1.54) is 0 Å². The molecule has 1 aromatic heterocycles. The summed E-state index contributed by atoms with van der Waals surface area (Å²) in [5.41, 5.74) is 2.76. The van der Waals surface area contributed by atoms with E-state index >= 15 is 0 Å². The molecular weight excluding hydrogens is 316 g/mol. The summed E-state index contributed by atoms with van der Waals surface area (Å²) in [5.74, 6) is 5.38. The van der Waals surface area contributed by atoms with E-state index in [-0.39, 0.29) is 12.0 Å². The van der Waals surface area contributed by atoms with Gasteiger partial charge in [0.25, 0.3) is 5.91 Å². The highest BCUT2D eigenvalue weighted by Gasteiger charge is 2.17. The number of nitrogens with two attached hydrogens (primary N) is 1. The number of nitrogens with zero attached hydrogens (tertiary/aromatic N) is 1. The molecule has 1 aliphatic rings. The molecule has 2 heterocycles. The van der Waals surface area contributed by atoms with Crippen molar-refractivity contribution in [1.29, 1.82) is 0 Å². The number of pyridine rings is 1. The molecule has 104 valence electrons. The number of nitrogens with one attached hydrogen (secondary N) is 2. The summed E-state index contributed by atoms with van der Waals surface area (Å²) < 4.78 is 11.4. The van der Waals surface area contributed by atoms with E-state index < -0.39 is 0 Å². The van der Waals surface area contributed by atoms with E-state index in [2.05, 4.69) is 31.7 Å². The molecule has 0 bridgehead atoms. The number of carbonyl (C=O) groups is 1.